The normalized spacial score (nSPS) is 24.2. The monoisotopic (exact) mass is 228 g/mol. The predicted octanol–water partition coefficient (Wildman–Crippen LogP) is 1.81. The molecule has 5 heteroatoms. The van der Waals surface area contributed by atoms with Crippen LogP contribution in [0.5, 0.6) is 0 Å². The van der Waals surface area contributed by atoms with E-state index in [-0.39, 0.29) is 6.10 Å². The molecular formula is C11H16O5. The van der Waals surface area contributed by atoms with Crippen LogP contribution < -0.4 is 0 Å². The summed E-state index contributed by atoms with van der Waals surface area (Å²) in [4.78, 5) is 22.0. The Morgan fingerprint density at radius 3 is 2.81 bits per heavy atom. The summed E-state index contributed by atoms with van der Waals surface area (Å²) in [7, 11) is 0. The molecule has 0 aromatic carbocycles. The largest absolute Gasteiger partial charge is 0.509 e. The molecule has 1 fully saturated rings. The van der Waals surface area contributed by atoms with E-state index in [4.69, 9.17) is 14.2 Å². The molecule has 0 aliphatic carbocycles. The Bertz CT molecular complexity index is 284. The van der Waals surface area contributed by atoms with Crippen LogP contribution in [0.3, 0.4) is 0 Å². The predicted molar refractivity (Wildman–Crippen MR) is 55.8 cm³/mol. The highest BCUT2D eigenvalue weighted by Gasteiger charge is 2.34. The number of ether oxygens (including phenoxy) is 3. The molecule has 0 amide bonds. The number of carbonyl (C=O) groups excluding carboxylic acids is 2. The molecule has 0 aromatic heterocycles. The number of rotatable bonds is 5. The highest BCUT2D eigenvalue weighted by Crippen LogP contribution is 2.20. The Kier molecular flexibility index (Phi) is 4.82. The number of hydrogen-bond acceptors (Lipinski definition) is 5. The second-order valence-corrected chi connectivity index (χ2v) is 3.39. The van der Waals surface area contributed by atoms with Gasteiger partial charge in [-0.3, -0.25) is 0 Å². The van der Waals surface area contributed by atoms with E-state index in [2.05, 4.69) is 0 Å². The van der Waals surface area contributed by atoms with Gasteiger partial charge in [0.2, 0.25) is 0 Å². The lowest BCUT2D eigenvalue weighted by Gasteiger charge is -2.09. The topological polar surface area (TPSA) is 61.8 Å². The summed E-state index contributed by atoms with van der Waals surface area (Å²) < 4.78 is 14.6. The van der Waals surface area contributed by atoms with Crippen molar-refractivity contribution in [3.8, 4) is 0 Å². The number of hydrogen-bond donors (Lipinski definition) is 0. The van der Waals surface area contributed by atoms with Gasteiger partial charge in [0.1, 0.15) is 6.10 Å². The SMILES string of the molecule is CCC[C@H]1OC(=O)O[C@@H]1/C=C/C(=O)OCC. The number of carbonyl (C=O) groups is 2. The van der Waals surface area contributed by atoms with Crippen molar-refractivity contribution in [3.63, 3.8) is 0 Å². The minimum atomic E-state index is -0.683. The third-order valence-corrected chi connectivity index (χ3v) is 2.13. The van der Waals surface area contributed by atoms with Gasteiger partial charge < -0.3 is 14.2 Å². The maximum absolute atomic E-state index is 11.1. The third kappa shape index (κ3) is 3.56. The molecule has 5 nitrogen and oxygen atoms in total. The first-order valence-electron chi connectivity index (χ1n) is 5.39. The highest BCUT2D eigenvalue weighted by atomic mass is 16.8. The summed E-state index contributed by atoms with van der Waals surface area (Å²) in [5.41, 5.74) is 0. The van der Waals surface area contributed by atoms with Crippen LogP contribution in [-0.2, 0) is 19.0 Å². The van der Waals surface area contributed by atoms with Crippen molar-refractivity contribution in [2.45, 2.75) is 38.9 Å². The smallest absolute Gasteiger partial charge is 0.463 e. The van der Waals surface area contributed by atoms with Crippen molar-refractivity contribution >= 4 is 12.1 Å². The van der Waals surface area contributed by atoms with Gasteiger partial charge in [-0.1, -0.05) is 13.3 Å². The average Bonchev–Trinajstić information content (AvgIpc) is 2.57. The molecule has 0 saturated carbocycles. The van der Waals surface area contributed by atoms with Gasteiger partial charge in [-0.25, -0.2) is 9.59 Å². The summed E-state index contributed by atoms with van der Waals surface area (Å²) in [6.07, 6.45) is 2.88. The lowest BCUT2D eigenvalue weighted by molar-refractivity contribution is -0.137. The zero-order valence-electron chi connectivity index (χ0n) is 9.47. The van der Waals surface area contributed by atoms with E-state index in [1.165, 1.54) is 12.2 Å². The van der Waals surface area contributed by atoms with Crippen LogP contribution in [0.25, 0.3) is 0 Å². The van der Waals surface area contributed by atoms with E-state index in [0.29, 0.717) is 13.0 Å². The molecule has 1 aliphatic heterocycles. The van der Waals surface area contributed by atoms with Crippen molar-refractivity contribution < 1.29 is 23.8 Å². The quantitative estimate of drug-likeness (QED) is 0.530. The molecule has 0 spiro atoms. The van der Waals surface area contributed by atoms with E-state index < -0.39 is 18.2 Å². The van der Waals surface area contributed by atoms with Crippen molar-refractivity contribution in [1.29, 1.82) is 0 Å². The summed E-state index contributed by atoms with van der Waals surface area (Å²) >= 11 is 0. The second-order valence-electron chi connectivity index (χ2n) is 3.39. The second kappa shape index (κ2) is 6.15. The molecule has 0 radical (unpaired) electrons. The molecule has 1 heterocycles. The standard InChI is InChI=1S/C11H16O5/c1-3-5-8-9(16-11(13)15-8)6-7-10(12)14-4-2/h6-9H,3-5H2,1-2H3/b7-6+/t8-,9-/m1/s1. The Balaban J connectivity index is 2.51. The Morgan fingerprint density at radius 2 is 2.19 bits per heavy atom. The highest BCUT2D eigenvalue weighted by molar-refractivity contribution is 5.82. The molecule has 2 atom stereocenters. The van der Waals surface area contributed by atoms with Gasteiger partial charge in [0.05, 0.1) is 6.61 Å². The van der Waals surface area contributed by atoms with Crippen LogP contribution in [-0.4, -0.2) is 30.9 Å². The van der Waals surface area contributed by atoms with Gasteiger partial charge in [0.15, 0.2) is 6.10 Å². The van der Waals surface area contributed by atoms with Gasteiger partial charge in [-0.15, -0.1) is 0 Å². The first kappa shape index (κ1) is 12.5. The van der Waals surface area contributed by atoms with E-state index >= 15 is 0 Å². The van der Waals surface area contributed by atoms with Gasteiger partial charge in [0, 0.05) is 6.08 Å². The summed E-state index contributed by atoms with van der Waals surface area (Å²) in [5, 5.41) is 0. The molecular weight excluding hydrogens is 212 g/mol. The fraction of sp³-hybridized carbons (Fsp3) is 0.636. The third-order valence-electron chi connectivity index (χ3n) is 2.13. The van der Waals surface area contributed by atoms with E-state index in [1.807, 2.05) is 6.92 Å². The van der Waals surface area contributed by atoms with Crippen molar-refractivity contribution in [2.75, 3.05) is 6.61 Å². The lowest BCUT2D eigenvalue weighted by Crippen LogP contribution is -2.20. The van der Waals surface area contributed by atoms with Crippen molar-refractivity contribution in [3.05, 3.63) is 12.2 Å². The zero-order valence-corrected chi connectivity index (χ0v) is 9.47. The Hall–Kier alpha value is -1.52. The zero-order chi connectivity index (χ0) is 12.0. The number of esters is 1. The number of cyclic esters (lactones) is 2. The molecule has 0 aromatic rings. The van der Waals surface area contributed by atoms with Crippen LogP contribution in [0.15, 0.2) is 12.2 Å². The molecule has 1 saturated heterocycles. The van der Waals surface area contributed by atoms with Crippen LogP contribution in [0.2, 0.25) is 0 Å². The Labute approximate surface area is 94.4 Å². The van der Waals surface area contributed by atoms with E-state index in [1.54, 1.807) is 6.92 Å². The molecule has 1 rings (SSSR count). The van der Waals surface area contributed by atoms with Gasteiger partial charge in [-0.05, 0) is 19.4 Å². The summed E-state index contributed by atoms with van der Waals surface area (Å²) in [6, 6.07) is 0. The molecule has 0 unspecified atom stereocenters. The molecule has 16 heavy (non-hydrogen) atoms. The van der Waals surface area contributed by atoms with Crippen LogP contribution in [0, 0.1) is 0 Å². The average molecular weight is 228 g/mol. The lowest BCUT2D eigenvalue weighted by atomic mass is 10.1. The van der Waals surface area contributed by atoms with E-state index in [0.717, 1.165) is 6.42 Å². The molecule has 90 valence electrons. The minimum Gasteiger partial charge on any atom is -0.463 e. The fourth-order valence-corrected chi connectivity index (χ4v) is 1.44. The maximum Gasteiger partial charge on any atom is 0.509 e. The first-order valence-corrected chi connectivity index (χ1v) is 5.39. The first-order chi connectivity index (χ1) is 7.67. The van der Waals surface area contributed by atoms with E-state index in [9.17, 15) is 9.59 Å². The minimum absolute atomic E-state index is 0.303. The van der Waals surface area contributed by atoms with Crippen LogP contribution in [0.4, 0.5) is 4.79 Å². The van der Waals surface area contributed by atoms with Gasteiger partial charge >= 0.3 is 12.1 Å². The molecule has 0 N–H and O–H groups in total. The molecule has 1 aliphatic rings. The summed E-state index contributed by atoms with van der Waals surface area (Å²) in [5.74, 6) is -0.444. The van der Waals surface area contributed by atoms with Crippen molar-refractivity contribution in [1.82, 2.24) is 0 Å². The van der Waals surface area contributed by atoms with Crippen molar-refractivity contribution in [2.24, 2.45) is 0 Å². The molecule has 0 bridgehead atoms. The van der Waals surface area contributed by atoms with Gasteiger partial charge in [0.25, 0.3) is 0 Å². The van der Waals surface area contributed by atoms with Gasteiger partial charge in [-0.2, -0.15) is 0 Å². The maximum atomic E-state index is 11.1. The Morgan fingerprint density at radius 1 is 1.44 bits per heavy atom. The summed E-state index contributed by atoms with van der Waals surface area (Å²) in [6.45, 7) is 4.03. The van der Waals surface area contributed by atoms with Crippen LogP contribution >= 0.6 is 0 Å². The fourth-order valence-electron chi connectivity index (χ4n) is 1.44. The van der Waals surface area contributed by atoms with Crippen LogP contribution in [0.1, 0.15) is 26.7 Å².